The van der Waals surface area contributed by atoms with Crippen molar-refractivity contribution < 1.29 is 0 Å². The lowest BCUT2D eigenvalue weighted by atomic mass is 10.2. The lowest BCUT2D eigenvalue weighted by molar-refractivity contribution is 1.06. The third-order valence-electron chi connectivity index (χ3n) is 3.32. The van der Waals surface area contributed by atoms with Gasteiger partial charge in [0.25, 0.3) is 0 Å². The van der Waals surface area contributed by atoms with Crippen molar-refractivity contribution in [2.75, 3.05) is 5.32 Å². The van der Waals surface area contributed by atoms with E-state index in [1.807, 2.05) is 6.92 Å². The Balaban J connectivity index is 2.03. The molecule has 3 aromatic heterocycles. The number of aromatic amines is 1. The smallest absolute Gasteiger partial charge is 0.229 e. The first-order valence-electron chi connectivity index (χ1n) is 6.79. The number of fused-ring (bicyclic) bond motifs is 1. The van der Waals surface area contributed by atoms with Gasteiger partial charge in [-0.25, -0.2) is 4.98 Å². The fourth-order valence-corrected chi connectivity index (χ4v) is 3.13. The Hall–Kier alpha value is -2.46. The predicted octanol–water partition coefficient (Wildman–Crippen LogP) is 3.60. The Labute approximate surface area is 135 Å². The van der Waals surface area contributed by atoms with Crippen LogP contribution in [0.1, 0.15) is 23.9 Å². The summed E-state index contributed by atoms with van der Waals surface area (Å²) in [5, 5.41) is 13.0. The zero-order valence-electron chi connectivity index (χ0n) is 12.1. The van der Waals surface area contributed by atoms with Gasteiger partial charge < -0.3 is 10.3 Å². The minimum absolute atomic E-state index is 0.471. The number of aromatic nitrogens is 4. The number of hydrogen-bond acceptors (Lipinski definition) is 5. The molecule has 3 heterocycles. The van der Waals surface area contributed by atoms with Gasteiger partial charge in [-0.1, -0.05) is 6.92 Å². The molecule has 7 heteroatoms. The highest BCUT2D eigenvalue weighted by Crippen LogP contribution is 2.30. The third kappa shape index (κ3) is 2.53. The SMILES string of the molecule is CCc1[nH]c2nc(Nc3cncc(C#N)c3)nc(C)c2c1Br. The van der Waals surface area contributed by atoms with Crippen LogP contribution in [-0.4, -0.2) is 19.9 Å². The molecular formula is C15H13BrN6. The molecule has 0 saturated heterocycles. The van der Waals surface area contributed by atoms with E-state index in [9.17, 15) is 0 Å². The largest absolute Gasteiger partial charge is 0.342 e. The molecule has 0 radical (unpaired) electrons. The van der Waals surface area contributed by atoms with Crippen LogP contribution in [0.25, 0.3) is 11.0 Å². The molecule has 0 aliphatic heterocycles. The van der Waals surface area contributed by atoms with Crippen molar-refractivity contribution in [2.45, 2.75) is 20.3 Å². The van der Waals surface area contributed by atoms with E-state index in [1.54, 1.807) is 12.3 Å². The van der Waals surface area contributed by atoms with E-state index in [-0.39, 0.29) is 0 Å². The second-order valence-electron chi connectivity index (χ2n) is 4.83. The summed E-state index contributed by atoms with van der Waals surface area (Å²) >= 11 is 3.60. The minimum atomic E-state index is 0.471. The van der Waals surface area contributed by atoms with Crippen molar-refractivity contribution in [1.29, 1.82) is 5.26 Å². The standard InChI is InChI=1S/C15H13BrN6/c1-3-11-13(16)12-8(2)19-15(22-14(12)21-11)20-10-4-9(5-17)6-18-7-10/h4,6-7H,3H2,1-2H3,(H2,19,20,21,22). The number of H-pyrrole nitrogens is 1. The molecule has 0 fully saturated rings. The average Bonchev–Trinajstić information content (AvgIpc) is 2.84. The van der Waals surface area contributed by atoms with Crippen molar-refractivity contribution in [1.82, 2.24) is 19.9 Å². The van der Waals surface area contributed by atoms with Gasteiger partial charge in [-0.3, -0.25) is 4.98 Å². The van der Waals surface area contributed by atoms with Gasteiger partial charge in [-0.05, 0) is 35.3 Å². The van der Waals surface area contributed by atoms with Gasteiger partial charge in [-0.2, -0.15) is 10.2 Å². The molecule has 110 valence electrons. The molecule has 6 nitrogen and oxygen atoms in total. The fourth-order valence-electron chi connectivity index (χ4n) is 2.27. The summed E-state index contributed by atoms with van der Waals surface area (Å²) < 4.78 is 1.02. The van der Waals surface area contributed by atoms with Crippen LogP contribution in [0.5, 0.6) is 0 Å². The quantitative estimate of drug-likeness (QED) is 0.747. The summed E-state index contributed by atoms with van der Waals surface area (Å²) in [7, 11) is 0. The van der Waals surface area contributed by atoms with Crippen LogP contribution < -0.4 is 5.32 Å². The van der Waals surface area contributed by atoms with Crippen molar-refractivity contribution >= 4 is 38.6 Å². The van der Waals surface area contributed by atoms with Gasteiger partial charge in [0.1, 0.15) is 11.7 Å². The molecule has 0 unspecified atom stereocenters. The first-order chi connectivity index (χ1) is 10.6. The van der Waals surface area contributed by atoms with Crippen molar-refractivity contribution in [2.24, 2.45) is 0 Å². The van der Waals surface area contributed by atoms with Crippen LogP contribution in [0.4, 0.5) is 11.6 Å². The molecule has 0 atom stereocenters. The molecule has 0 spiro atoms. The number of nitriles is 1. The summed E-state index contributed by atoms with van der Waals surface area (Å²) in [6.07, 6.45) is 4.02. The number of hydrogen-bond donors (Lipinski definition) is 2. The Morgan fingerprint density at radius 1 is 1.36 bits per heavy atom. The summed E-state index contributed by atoms with van der Waals surface area (Å²) in [5.41, 5.74) is 3.92. The van der Waals surface area contributed by atoms with E-state index in [0.29, 0.717) is 17.2 Å². The van der Waals surface area contributed by atoms with Gasteiger partial charge >= 0.3 is 0 Å². The second kappa shape index (κ2) is 5.73. The number of anilines is 2. The number of halogens is 1. The van der Waals surface area contributed by atoms with Crippen LogP contribution in [0.15, 0.2) is 22.9 Å². The van der Waals surface area contributed by atoms with Crippen LogP contribution in [0.2, 0.25) is 0 Å². The maximum absolute atomic E-state index is 8.91. The van der Waals surface area contributed by atoms with Crippen molar-refractivity contribution in [3.05, 3.63) is 39.9 Å². The summed E-state index contributed by atoms with van der Waals surface area (Å²) in [6, 6.07) is 3.76. The lowest BCUT2D eigenvalue weighted by Crippen LogP contribution is -2.00. The number of aryl methyl sites for hydroxylation is 2. The number of pyridine rings is 1. The molecule has 0 aromatic carbocycles. The first kappa shape index (κ1) is 14.5. The third-order valence-corrected chi connectivity index (χ3v) is 4.20. The molecule has 0 bridgehead atoms. The Bertz CT molecular complexity index is 893. The van der Waals surface area contributed by atoms with Gasteiger partial charge in [0.15, 0.2) is 0 Å². The summed E-state index contributed by atoms with van der Waals surface area (Å²) in [4.78, 5) is 16.3. The first-order valence-corrected chi connectivity index (χ1v) is 7.58. The number of rotatable bonds is 3. The van der Waals surface area contributed by atoms with Gasteiger partial charge in [-0.15, -0.1) is 0 Å². The van der Waals surface area contributed by atoms with E-state index in [1.165, 1.54) is 6.20 Å². The zero-order valence-corrected chi connectivity index (χ0v) is 13.7. The van der Waals surface area contributed by atoms with Crippen molar-refractivity contribution in [3.63, 3.8) is 0 Å². The highest BCUT2D eigenvalue weighted by atomic mass is 79.9. The van der Waals surface area contributed by atoms with E-state index >= 15 is 0 Å². The summed E-state index contributed by atoms with van der Waals surface area (Å²) in [6.45, 7) is 4.02. The van der Waals surface area contributed by atoms with E-state index in [2.05, 4.69) is 54.2 Å². The molecule has 3 aromatic rings. The predicted molar refractivity (Wildman–Crippen MR) is 87.9 cm³/mol. The van der Waals surface area contributed by atoms with Crippen LogP contribution in [0.3, 0.4) is 0 Å². The highest BCUT2D eigenvalue weighted by Gasteiger charge is 2.13. The molecule has 0 saturated carbocycles. The molecule has 3 rings (SSSR count). The van der Waals surface area contributed by atoms with E-state index in [0.717, 1.165) is 33.3 Å². The molecule has 0 aliphatic carbocycles. The average molecular weight is 357 g/mol. The molecule has 0 amide bonds. The topological polar surface area (TPSA) is 90.3 Å². The highest BCUT2D eigenvalue weighted by molar-refractivity contribution is 9.10. The Kier molecular flexibility index (Phi) is 3.77. The zero-order chi connectivity index (χ0) is 15.7. The molecule has 0 aliphatic rings. The minimum Gasteiger partial charge on any atom is -0.342 e. The second-order valence-corrected chi connectivity index (χ2v) is 5.62. The van der Waals surface area contributed by atoms with Crippen molar-refractivity contribution in [3.8, 4) is 6.07 Å². The van der Waals surface area contributed by atoms with Gasteiger partial charge in [0.2, 0.25) is 5.95 Å². The normalized spacial score (nSPS) is 10.6. The molecule has 2 N–H and O–H groups in total. The van der Waals surface area contributed by atoms with Crippen LogP contribution in [0, 0.1) is 18.3 Å². The molecular weight excluding hydrogens is 344 g/mol. The number of nitrogens with zero attached hydrogens (tertiary/aromatic N) is 4. The van der Waals surface area contributed by atoms with E-state index in [4.69, 9.17) is 5.26 Å². The fraction of sp³-hybridized carbons (Fsp3) is 0.200. The number of nitrogens with one attached hydrogen (secondary N) is 2. The summed E-state index contributed by atoms with van der Waals surface area (Å²) in [5.74, 6) is 0.471. The Morgan fingerprint density at radius 3 is 2.91 bits per heavy atom. The molecule has 22 heavy (non-hydrogen) atoms. The van der Waals surface area contributed by atoms with Gasteiger partial charge in [0.05, 0.1) is 28.5 Å². The Morgan fingerprint density at radius 2 is 2.18 bits per heavy atom. The monoisotopic (exact) mass is 356 g/mol. The van der Waals surface area contributed by atoms with Gasteiger partial charge in [0, 0.05) is 16.4 Å². The maximum atomic E-state index is 8.91. The maximum Gasteiger partial charge on any atom is 0.229 e. The lowest BCUT2D eigenvalue weighted by Gasteiger charge is -2.06. The van der Waals surface area contributed by atoms with Crippen LogP contribution in [-0.2, 0) is 6.42 Å². The van der Waals surface area contributed by atoms with E-state index < -0.39 is 0 Å². The van der Waals surface area contributed by atoms with Crippen LogP contribution >= 0.6 is 15.9 Å².